The van der Waals surface area contributed by atoms with Crippen molar-refractivity contribution in [3.63, 3.8) is 0 Å². The third kappa shape index (κ3) is 10.3. The van der Waals surface area contributed by atoms with Gasteiger partial charge in [0.1, 0.15) is 6.54 Å². The molecule has 170 valence electrons. The van der Waals surface area contributed by atoms with Crippen molar-refractivity contribution in [2.45, 2.75) is 70.4 Å². The fraction of sp³-hybridized carbons (Fsp3) is 0.905. The Kier molecular flexibility index (Phi) is 13.9. The second-order valence-corrected chi connectivity index (χ2v) is 8.17. The summed E-state index contributed by atoms with van der Waals surface area (Å²) in [4.78, 5) is 20.5. The molecule has 7 nitrogen and oxygen atoms in total. The van der Waals surface area contributed by atoms with Gasteiger partial charge in [-0.2, -0.15) is 0 Å². The number of likely N-dealkylation sites (tertiary alicyclic amines) is 1. The first-order valence-corrected chi connectivity index (χ1v) is 11.2. The SMILES string of the molecule is CCN1CCCC1CNC(=NCC(=O)N(C)C)NCCOC1CCCCCC1.I. The molecule has 1 saturated carbocycles. The molecule has 1 unspecified atom stereocenters. The molecule has 0 bridgehead atoms. The van der Waals surface area contributed by atoms with E-state index in [1.165, 1.54) is 57.9 Å². The monoisotopic (exact) mass is 523 g/mol. The molecule has 1 amide bonds. The van der Waals surface area contributed by atoms with E-state index >= 15 is 0 Å². The summed E-state index contributed by atoms with van der Waals surface area (Å²) in [6, 6.07) is 0.545. The Morgan fingerprint density at radius 1 is 1.10 bits per heavy atom. The van der Waals surface area contributed by atoms with E-state index in [0.29, 0.717) is 31.3 Å². The van der Waals surface area contributed by atoms with Crippen molar-refractivity contribution >= 4 is 35.8 Å². The van der Waals surface area contributed by atoms with Crippen LogP contribution in [0, 0.1) is 0 Å². The van der Waals surface area contributed by atoms with E-state index in [0.717, 1.165) is 13.1 Å². The van der Waals surface area contributed by atoms with E-state index in [1.54, 1.807) is 19.0 Å². The van der Waals surface area contributed by atoms with Crippen molar-refractivity contribution in [2.75, 3.05) is 53.4 Å². The first-order chi connectivity index (χ1) is 13.6. The van der Waals surface area contributed by atoms with Crippen LogP contribution in [0.5, 0.6) is 0 Å². The van der Waals surface area contributed by atoms with Gasteiger partial charge in [-0.3, -0.25) is 9.69 Å². The molecule has 1 heterocycles. The van der Waals surface area contributed by atoms with Crippen LogP contribution in [0.2, 0.25) is 0 Å². The minimum absolute atomic E-state index is 0. The van der Waals surface area contributed by atoms with Gasteiger partial charge in [0.15, 0.2) is 5.96 Å². The zero-order valence-corrected chi connectivity index (χ0v) is 21.0. The van der Waals surface area contributed by atoms with Gasteiger partial charge in [0.2, 0.25) is 5.91 Å². The Bertz CT molecular complexity index is 482. The van der Waals surface area contributed by atoms with E-state index in [2.05, 4.69) is 27.4 Å². The molecule has 1 atom stereocenters. The summed E-state index contributed by atoms with van der Waals surface area (Å²) in [6.45, 7) is 6.88. The predicted molar refractivity (Wildman–Crippen MR) is 130 cm³/mol. The summed E-state index contributed by atoms with van der Waals surface area (Å²) < 4.78 is 6.06. The number of aliphatic imine (C=N–C) groups is 1. The topological polar surface area (TPSA) is 69.2 Å². The lowest BCUT2D eigenvalue weighted by Gasteiger charge is -2.24. The summed E-state index contributed by atoms with van der Waals surface area (Å²) in [6.07, 6.45) is 10.5. The van der Waals surface area contributed by atoms with Gasteiger partial charge in [0, 0.05) is 33.2 Å². The molecule has 29 heavy (non-hydrogen) atoms. The average Bonchev–Trinajstić information content (AvgIpc) is 2.99. The highest BCUT2D eigenvalue weighted by atomic mass is 127. The molecular formula is C21H42IN5O2. The molecule has 0 aromatic heterocycles. The van der Waals surface area contributed by atoms with E-state index in [-0.39, 0.29) is 36.4 Å². The lowest BCUT2D eigenvalue weighted by Crippen LogP contribution is -2.46. The Morgan fingerprint density at radius 2 is 1.83 bits per heavy atom. The normalized spacial score (nSPS) is 21.3. The van der Waals surface area contributed by atoms with Crippen LogP contribution in [0.1, 0.15) is 58.3 Å². The van der Waals surface area contributed by atoms with Crippen molar-refractivity contribution in [3.8, 4) is 0 Å². The molecule has 1 aliphatic heterocycles. The fourth-order valence-electron chi connectivity index (χ4n) is 4.02. The van der Waals surface area contributed by atoms with E-state index in [9.17, 15) is 4.79 Å². The number of nitrogens with one attached hydrogen (secondary N) is 2. The van der Waals surface area contributed by atoms with Gasteiger partial charge < -0.3 is 20.3 Å². The van der Waals surface area contributed by atoms with Gasteiger partial charge in [-0.1, -0.05) is 32.6 Å². The summed E-state index contributed by atoms with van der Waals surface area (Å²) in [5, 5.41) is 6.79. The smallest absolute Gasteiger partial charge is 0.243 e. The van der Waals surface area contributed by atoms with Crippen LogP contribution in [-0.2, 0) is 9.53 Å². The second-order valence-electron chi connectivity index (χ2n) is 8.17. The molecule has 2 rings (SSSR count). The van der Waals surface area contributed by atoms with Gasteiger partial charge in [-0.25, -0.2) is 4.99 Å². The standard InChI is InChI=1S/C21H41N5O2.HI/c1-4-26-14-9-10-18(26)16-23-21(24-17-20(27)25(2)3)22-13-15-28-19-11-7-5-6-8-12-19;/h18-19H,4-17H2,1-3H3,(H2,22,23,24);1H. The van der Waals surface area contributed by atoms with Crippen LogP contribution >= 0.6 is 24.0 Å². The van der Waals surface area contributed by atoms with Crippen LogP contribution in [0.3, 0.4) is 0 Å². The molecule has 1 aliphatic carbocycles. The highest BCUT2D eigenvalue weighted by molar-refractivity contribution is 14.0. The second kappa shape index (κ2) is 15.2. The molecule has 1 saturated heterocycles. The molecule has 2 N–H and O–H groups in total. The maximum Gasteiger partial charge on any atom is 0.243 e. The summed E-state index contributed by atoms with van der Waals surface area (Å²) >= 11 is 0. The Morgan fingerprint density at radius 3 is 2.48 bits per heavy atom. The lowest BCUT2D eigenvalue weighted by molar-refractivity contribution is -0.127. The molecule has 8 heteroatoms. The largest absolute Gasteiger partial charge is 0.376 e. The predicted octanol–water partition coefficient (Wildman–Crippen LogP) is 2.45. The molecular weight excluding hydrogens is 481 g/mol. The van der Waals surface area contributed by atoms with Crippen molar-refractivity contribution in [3.05, 3.63) is 0 Å². The number of carbonyl (C=O) groups excluding carboxylic acids is 1. The van der Waals surface area contributed by atoms with Crippen molar-refractivity contribution in [1.29, 1.82) is 0 Å². The van der Waals surface area contributed by atoms with Crippen molar-refractivity contribution in [1.82, 2.24) is 20.4 Å². The first kappa shape index (κ1) is 26.4. The number of ether oxygens (including phenoxy) is 1. The number of hydrogen-bond acceptors (Lipinski definition) is 4. The maximum atomic E-state index is 11.9. The third-order valence-corrected chi connectivity index (χ3v) is 5.83. The molecule has 0 spiro atoms. The highest BCUT2D eigenvalue weighted by Gasteiger charge is 2.22. The van der Waals surface area contributed by atoms with E-state index in [1.807, 2.05) is 0 Å². The summed E-state index contributed by atoms with van der Waals surface area (Å²) in [5.74, 6) is 0.717. The minimum Gasteiger partial charge on any atom is -0.376 e. The molecule has 2 aliphatic rings. The molecule has 2 fully saturated rings. The lowest BCUT2D eigenvalue weighted by atomic mass is 10.1. The van der Waals surface area contributed by atoms with Crippen LogP contribution in [0.15, 0.2) is 4.99 Å². The zero-order valence-electron chi connectivity index (χ0n) is 18.6. The van der Waals surface area contributed by atoms with Crippen LogP contribution in [0.25, 0.3) is 0 Å². The number of amides is 1. The van der Waals surface area contributed by atoms with E-state index in [4.69, 9.17) is 4.74 Å². The van der Waals surface area contributed by atoms with Crippen molar-refractivity contribution < 1.29 is 9.53 Å². The van der Waals surface area contributed by atoms with Crippen molar-refractivity contribution in [2.24, 2.45) is 4.99 Å². The zero-order chi connectivity index (χ0) is 20.2. The first-order valence-electron chi connectivity index (χ1n) is 11.2. The average molecular weight is 524 g/mol. The van der Waals surface area contributed by atoms with Gasteiger partial charge >= 0.3 is 0 Å². The van der Waals surface area contributed by atoms with Gasteiger partial charge in [-0.05, 0) is 38.8 Å². The highest BCUT2D eigenvalue weighted by Crippen LogP contribution is 2.19. The minimum atomic E-state index is 0. The molecule has 0 aromatic rings. The molecule has 0 aromatic carbocycles. The van der Waals surface area contributed by atoms with Gasteiger partial charge in [0.25, 0.3) is 0 Å². The van der Waals surface area contributed by atoms with Gasteiger partial charge in [0.05, 0.1) is 12.7 Å². The number of rotatable bonds is 9. The summed E-state index contributed by atoms with van der Waals surface area (Å²) in [5.41, 5.74) is 0. The number of guanidine groups is 1. The number of hydrogen-bond donors (Lipinski definition) is 2. The quantitative estimate of drug-likeness (QED) is 0.160. The Labute approximate surface area is 194 Å². The van der Waals surface area contributed by atoms with Gasteiger partial charge in [-0.15, -0.1) is 24.0 Å². The Hall–Kier alpha value is -0.610. The fourth-order valence-corrected chi connectivity index (χ4v) is 4.02. The van der Waals surface area contributed by atoms with Crippen LogP contribution < -0.4 is 10.6 Å². The molecule has 0 radical (unpaired) electrons. The number of likely N-dealkylation sites (N-methyl/N-ethyl adjacent to an activating group) is 2. The van der Waals surface area contributed by atoms with Crippen LogP contribution in [-0.4, -0.2) is 87.2 Å². The third-order valence-electron chi connectivity index (χ3n) is 5.83. The number of nitrogens with zero attached hydrogens (tertiary/aromatic N) is 3. The number of halogens is 1. The van der Waals surface area contributed by atoms with E-state index < -0.39 is 0 Å². The maximum absolute atomic E-state index is 11.9. The van der Waals surface area contributed by atoms with Crippen LogP contribution in [0.4, 0.5) is 0 Å². The Balaban J connectivity index is 0.00000420. The number of carbonyl (C=O) groups is 1. The summed E-state index contributed by atoms with van der Waals surface area (Å²) in [7, 11) is 3.52.